The van der Waals surface area contributed by atoms with E-state index in [1.54, 1.807) is 20.8 Å². The lowest BCUT2D eigenvalue weighted by atomic mass is 9.81. The number of hydrogen-bond acceptors (Lipinski definition) is 6. The fourth-order valence-electron chi connectivity index (χ4n) is 1.97. The number of carboxylic acid groups (broad SMARTS) is 1. The molecule has 0 aromatic heterocycles. The Balaban J connectivity index is 5.51. The molecule has 20 heavy (non-hydrogen) atoms. The van der Waals surface area contributed by atoms with Crippen LogP contribution in [0.1, 0.15) is 20.8 Å². The first-order valence-electron chi connectivity index (χ1n) is 6.11. The molecule has 0 bridgehead atoms. The van der Waals surface area contributed by atoms with Crippen molar-refractivity contribution in [3.63, 3.8) is 0 Å². The van der Waals surface area contributed by atoms with Gasteiger partial charge in [0, 0.05) is 12.5 Å². The lowest BCUT2D eigenvalue weighted by Gasteiger charge is -2.37. The van der Waals surface area contributed by atoms with Crippen molar-refractivity contribution in [2.75, 3.05) is 25.6 Å². The Labute approximate surface area is 121 Å². The smallest absolute Gasteiger partial charge is 0.337 e. The highest BCUT2D eigenvalue weighted by Gasteiger charge is 2.49. The maximum atomic E-state index is 11.6. The third-order valence-corrected chi connectivity index (χ3v) is 4.09. The van der Waals surface area contributed by atoms with Crippen LogP contribution in [0.2, 0.25) is 0 Å². The van der Waals surface area contributed by atoms with Gasteiger partial charge in [-0.15, -0.1) is 0 Å². The minimum absolute atomic E-state index is 0.101. The van der Waals surface area contributed by atoms with Gasteiger partial charge >= 0.3 is 5.97 Å². The Morgan fingerprint density at radius 1 is 1.40 bits per heavy atom. The Morgan fingerprint density at radius 2 is 1.95 bits per heavy atom. The van der Waals surface area contributed by atoms with Gasteiger partial charge < -0.3 is 9.84 Å². The molecule has 2 unspecified atom stereocenters. The molecule has 0 aliphatic heterocycles. The molecule has 0 saturated carbocycles. The van der Waals surface area contributed by atoms with E-state index in [9.17, 15) is 22.9 Å². The molecule has 1 N–H and O–H groups in total. The molecule has 0 heterocycles. The Hall–Kier alpha value is -0.560. The van der Waals surface area contributed by atoms with E-state index in [0.717, 1.165) is 6.26 Å². The van der Waals surface area contributed by atoms with Crippen molar-refractivity contribution in [2.24, 2.45) is 11.8 Å². The van der Waals surface area contributed by atoms with Crippen molar-refractivity contribution in [3.05, 3.63) is 0 Å². The number of hydrogen-bond donors (Lipinski definition) is 1. The van der Waals surface area contributed by atoms with Gasteiger partial charge in [-0.1, -0.05) is 13.8 Å². The van der Waals surface area contributed by atoms with Gasteiger partial charge in [0.15, 0.2) is 14.1 Å². The first kappa shape index (κ1) is 19.4. The predicted molar refractivity (Wildman–Crippen MR) is 73.6 cm³/mol. The number of ether oxygens (including phenoxy) is 1. The van der Waals surface area contributed by atoms with E-state index in [-0.39, 0.29) is 33.8 Å². The van der Waals surface area contributed by atoms with Crippen LogP contribution in [0.5, 0.6) is 0 Å². The van der Waals surface area contributed by atoms with Crippen LogP contribution in [0.4, 0.5) is 0 Å². The second kappa shape index (κ2) is 8.02. The molecule has 0 rings (SSSR count). The predicted octanol–water partition coefficient (Wildman–Crippen LogP) is 1.39. The minimum atomic E-state index is -3.70. The van der Waals surface area contributed by atoms with Crippen molar-refractivity contribution in [1.29, 1.82) is 0 Å². The standard InChI is InChI=1S/C11H21O7PS/c1-5-17-11(7-19-14,10(12)13)9(8(2)3)6-18-20(4,15)16/h8-9H,5-7H2,1-4H3,(H,12,13). The van der Waals surface area contributed by atoms with E-state index in [1.807, 2.05) is 0 Å². The first-order chi connectivity index (χ1) is 9.10. The minimum Gasteiger partial charge on any atom is -0.479 e. The highest BCUT2D eigenvalue weighted by molar-refractivity contribution is 7.85. The monoisotopic (exact) mass is 328 g/mol. The van der Waals surface area contributed by atoms with Gasteiger partial charge in [-0.2, -0.15) is 8.42 Å². The molecule has 2 atom stereocenters. The Kier molecular flexibility index (Phi) is 7.80. The number of carbonyl (C=O) groups is 1. The highest BCUT2D eigenvalue weighted by Crippen LogP contribution is 2.33. The summed E-state index contributed by atoms with van der Waals surface area (Å²) >= 11 is 0. The van der Waals surface area contributed by atoms with E-state index in [4.69, 9.17) is 8.92 Å². The van der Waals surface area contributed by atoms with Crippen LogP contribution >= 0.6 is 8.46 Å². The van der Waals surface area contributed by atoms with Gasteiger partial charge in [-0.3, -0.25) is 8.75 Å². The van der Waals surface area contributed by atoms with Gasteiger partial charge in [-0.05, 0) is 12.8 Å². The van der Waals surface area contributed by atoms with Crippen LogP contribution in [-0.2, 0) is 28.4 Å². The molecule has 0 aliphatic rings. The molecule has 0 aromatic rings. The average molecular weight is 328 g/mol. The Morgan fingerprint density at radius 3 is 2.25 bits per heavy atom. The fourth-order valence-corrected chi connectivity index (χ4v) is 3.02. The molecular weight excluding hydrogens is 307 g/mol. The highest BCUT2D eigenvalue weighted by atomic mass is 32.2. The topological polar surface area (TPSA) is 107 Å². The summed E-state index contributed by atoms with van der Waals surface area (Å²) in [6.45, 7) is 4.85. The lowest BCUT2D eigenvalue weighted by Crippen LogP contribution is -2.54. The van der Waals surface area contributed by atoms with Gasteiger partial charge in [0.1, 0.15) is 0 Å². The van der Waals surface area contributed by atoms with Crippen molar-refractivity contribution in [2.45, 2.75) is 26.4 Å². The summed E-state index contributed by atoms with van der Waals surface area (Å²) in [6.07, 6.45) is 0.617. The van der Waals surface area contributed by atoms with Crippen molar-refractivity contribution in [3.8, 4) is 0 Å². The van der Waals surface area contributed by atoms with Crippen molar-refractivity contribution >= 4 is 24.5 Å². The third-order valence-electron chi connectivity index (χ3n) is 2.93. The van der Waals surface area contributed by atoms with Crippen molar-refractivity contribution < 1.29 is 31.8 Å². The molecule has 9 heteroatoms. The van der Waals surface area contributed by atoms with E-state index in [0.29, 0.717) is 0 Å². The maximum Gasteiger partial charge on any atom is 0.337 e. The summed E-state index contributed by atoms with van der Waals surface area (Å²) in [5.41, 5.74) is -1.74. The molecule has 0 spiro atoms. The normalized spacial score (nSPS) is 17.1. The van der Waals surface area contributed by atoms with Crippen LogP contribution < -0.4 is 0 Å². The van der Waals surface area contributed by atoms with E-state index >= 15 is 0 Å². The van der Waals surface area contributed by atoms with Crippen LogP contribution in [-0.4, -0.2) is 50.7 Å². The molecule has 0 saturated heterocycles. The zero-order valence-electron chi connectivity index (χ0n) is 12.0. The van der Waals surface area contributed by atoms with Crippen LogP contribution in [0, 0.1) is 11.8 Å². The average Bonchev–Trinajstić information content (AvgIpc) is 2.27. The molecule has 0 fully saturated rings. The third kappa shape index (κ3) is 5.44. The fraction of sp³-hybridized carbons (Fsp3) is 0.909. The van der Waals surface area contributed by atoms with Crippen LogP contribution in [0.25, 0.3) is 0 Å². The molecule has 118 valence electrons. The quantitative estimate of drug-likeness (QED) is 0.477. The molecule has 0 aromatic carbocycles. The maximum absolute atomic E-state index is 11.6. The molecule has 0 amide bonds. The van der Waals surface area contributed by atoms with Crippen LogP contribution in [0.3, 0.4) is 0 Å². The lowest BCUT2D eigenvalue weighted by molar-refractivity contribution is -0.174. The molecule has 0 aliphatic carbocycles. The summed E-state index contributed by atoms with van der Waals surface area (Å²) in [5, 5.41) is 9.46. The Bertz CT molecular complexity index is 434. The van der Waals surface area contributed by atoms with Crippen molar-refractivity contribution in [1.82, 2.24) is 0 Å². The van der Waals surface area contributed by atoms with Crippen LogP contribution in [0.15, 0.2) is 0 Å². The number of carboxylic acids is 1. The van der Waals surface area contributed by atoms with Gasteiger partial charge in [0.25, 0.3) is 10.1 Å². The summed E-state index contributed by atoms with van der Waals surface area (Å²) < 4.78 is 43.2. The first-order valence-corrected chi connectivity index (χ1v) is 8.93. The summed E-state index contributed by atoms with van der Waals surface area (Å²) in [4.78, 5) is 11.6. The molecular formula is C11H21O7PS. The summed E-state index contributed by atoms with van der Waals surface area (Å²) in [6, 6.07) is 0. The second-order valence-corrected chi connectivity index (χ2v) is 6.97. The van der Waals surface area contributed by atoms with Gasteiger partial charge in [0.2, 0.25) is 0 Å². The molecule has 7 nitrogen and oxygen atoms in total. The van der Waals surface area contributed by atoms with E-state index in [1.165, 1.54) is 0 Å². The van der Waals surface area contributed by atoms with E-state index in [2.05, 4.69) is 0 Å². The largest absolute Gasteiger partial charge is 0.479 e. The van der Waals surface area contributed by atoms with E-state index < -0.39 is 27.6 Å². The van der Waals surface area contributed by atoms with Gasteiger partial charge in [-0.25, -0.2) is 4.79 Å². The summed E-state index contributed by atoms with van der Waals surface area (Å²) in [5.74, 6) is -2.27. The number of aliphatic carboxylic acids is 1. The zero-order valence-corrected chi connectivity index (χ0v) is 13.7. The van der Waals surface area contributed by atoms with Gasteiger partial charge in [0.05, 0.1) is 19.0 Å². The summed E-state index contributed by atoms with van der Waals surface area (Å²) in [7, 11) is -4.09. The SMILES string of the molecule is CCOC(CP=O)(C(=O)O)C(COS(C)(=O)=O)C(C)C. The number of rotatable bonds is 10. The molecule has 0 radical (unpaired) electrons. The zero-order chi connectivity index (χ0) is 16.0. The second-order valence-electron chi connectivity index (χ2n) is 4.75.